The van der Waals surface area contributed by atoms with E-state index in [1.54, 1.807) is 6.92 Å². The number of rotatable bonds is 7. The third-order valence-corrected chi connectivity index (χ3v) is 3.84. The van der Waals surface area contributed by atoms with Crippen LogP contribution >= 0.6 is 15.9 Å². The summed E-state index contributed by atoms with van der Waals surface area (Å²) >= 11 is 2.94. The minimum atomic E-state index is -4.84. The van der Waals surface area contributed by atoms with E-state index in [1.165, 1.54) is 34.6 Å². The first-order valence-electron chi connectivity index (χ1n) is 9.08. The van der Waals surface area contributed by atoms with E-state index in [-0.39, 0.29) is 32.1 Å². The Morgan fingerprint density at radius 3 is 1.41 bits per heavy atom. The van der Waals surface area contributed by atoms with E-state index in [2.05, 4.69) is 25.4 Å². The maximum atomic E-state index is 12.5. The average Bonchev–Trinajstić information content (AvgIpc) is 2.60. The molecule has 0 fully saturated rings. The van der Waals surface area contributed by atoms with Crippen molar-refractivity contribution in [3.63, 3.8) is 0 Å². The van der Waals surface area contributed by atoms with E-state index in [1.807, 2.05) is 0 Å². The van der Waals surface area contributed by atoms with Crippen molar-refractivity contribution in [1.82, 2.24) is 0 Å². The van der Waals surface area contributed by atoms with E-state index in [4.69, 9.17) is 0 Å². The summed E-state index contributed by atoms with van der Waals surface area (Å²) in [6.07, 6.45) is -10.6. The fourth-order valence-corrected chi connectivity index (χ4v) is 1.75. The Kier molecular flexibility index (Phi) is 21.3. The van der Waals surface area contributed by atoms with Crippen LogP contribution in [-0.2, 0) is 43.3 Å². The summed E-state index contributed by atoms with van der Waals surface area (Å²) in [4.78, 5) is 31.1. The molecule has 0 saturated carbocycles. The van der Waals surface area contributed by atoms with E-state index < -0.39 is 48.0 Å². The predicted octanol–water partition coefficient (Wildman–Crippen LogP) is 4.60. The molecule has 0 aromatic heterocycles. The first-order valence-corrected chi connectivity index (χ1v) is 10.2. The monoisotopic (exact) mass is 598 g/mol. The van der Waals surface area contributed by atoms with Crippen molar-refractivity contribution in [2.45, 2.75) is 65.9 Å². The molecular formula is C18H29BrF6O6Zn. The Morgan fingerprint density at radius 2 is 1.25 bits per heavy atom. The van der Waals surface area contributed by atoms with Crippen LogP contribution in [-0.4, -0.2) is 59.3 Å². The summed E-state index contributed by atoms with van der Waals surface area (Å²) < 4.78 is 80.4. The van der Waals surface area contributed by atoms with E-state index in [0.29, 0.717) is 11.9 Å². The number of ketones is 1. The maximum absolute atomic E-state index is 12.5. The van der Waals surface area contributed by atoms with Crippen molar-refractivity contribution >= 4 is 33.7 Å². The quantitative estimate of drug-likeness (QED) is 0.199. The van der Waals surface area contributed by atoms with E-state index in [9.17, 15) is 45.8 Å². The van der Waals surface area contributed by atoms with Crippen LogP contribution in [0.15, 0.2) is 0 Å². The molecule has 0 aliphatic carbocycles. The van der Waals surface area contributed by atoms with Crippen molar-refractivity contribution < 1.29 is 74.8 Å². The van der Waals surface area contributed by atoms with Gasteiger partial charge in [-0.3, -0.25) is 14.4 Å². The second kappa shape index (κ2) is 17.7. The minimum Gasteiger partial charge on any atom is -0.466 e. The van der Waals surface area contributed by atoms with Gasteiger partial charge in [0.05, 0.1) is 19.6 Å². The fourth-order valence-electron chi connectivity index (χ4n) is 1.59. The molecule has 188 valence electrons. The molecule has 0 rings (SSSR count). The number of aliphatic hydroxyl groups is 1. The van der Waals surface area contributed by atoms with Gasteiger partial charge >= 0.3 is 24.3 Å². The fraction of sp³-hybridized carbons (Fsp3) is 0.833. The Labute approximate surface area is 204 Å². The Hall–Kier alpha value is -0.747. The van der Waals surface area contributed by atoms with Gasteiger partial charge in [0.15, 0.2) is 5.60 Å². The second-order valence-electron chi connectivity index (χ2n) is 6.51. The number of ether oxygens (including phenoxy) is 2. The van der Waals surface area contributed by atoms with Gasteiger partial charge < -0.3 is 14.6 Å². The molecule has 14 heteroatoms. The Morgan fingerprint density at radius 1 is 0.875 bits per heavy atom. The summed E-state index contributed by atoms with van der Waals surface area (Å²) in [6.45, 7) is 8.56. The molecule has 0 bridgehead atoms. The Balaban J connectivity index is -0.000000198. The van der Waals surface area contributed by atoms with Gasteiger partial charge in [0.2, 0.25) is 5.78 Å². The van der Waals surface area contributed by atoms with Crippen LogP contribution in [0.5, 0.6) is 0 Å². The van der Waals surface area contributed by atoms with Gasteiger partial charge in [-0.25, -0.2) is 0 Å². The third kappa shape index (κ3) is 16.8. The van der Waals surface area contributed by atoms with Crippen molar-refractivity contribution in [3.8, 4) is 0 Å². The van der Waals surface area contributed by atoms with Gasteiger partial charge in [-0.15, -0.1) is 0 Å². The number of halogens is 7. The molecule has 0 aromatic carbocycles. The number of carbonyl (C=O) groups excluding carboxylic acids is 3. The zero-order valence-electron chi connectivity index (χ0n) is 18.8. The van der Waals surface area contributed by atoms with Gasteiger partial charge in [-0.1, -0.05) is 43.6 Å². The molecule has 0 heterocycles. The van der Waals surface area contributed by atoms with Crippen molar-refractivity contribution in [2.75, 3.05) is 18.5 Å². The zero-order valence-corrected chi connectivity index (χ0v) is 23.4. The maximum Gasteiger partial charge on any atom is 0.450 e. The van der Waals surface area contributed by atoms with Gasteiger partial charge in [0.1, 0.15) is 5.33 Å². The molecule has 0 radical (unpaired) electrons. The molecule has 1 unspecified atom stereocenters. The first kappa shape index (κ1) is 38.5. The largest absolute Gasteiger partial charge is 0.466 e. The van der Waals surface area contributed by atoms with Crippen LogP contribution in [0.1, 0.15) is 48.0 Å². The third-order valence-electron chi connectivity index (χ3n) is 3.38. The van der Waals surface area contributed by atoms with Crippen molar-refractivity contribution in [3.05, 3.63) is 0 Å². The number of hydrogen-bond acceptors (Lipinski definition) is 6. The van der Waals surface area contributed by atoms with Crippen LogP contribution in [0.4, 0.5) is 26.3 Å². The first-order chi connectivity index (χ1) is 13.8. The smallest absolute Gasteiger partial charge is 0.450 e. The number of hydrogen-bond donors (Lipinski definition) is 1. The molecule has 1 N–H and O–H groups in total. The van der Waals surface area contributed by atoms with Gasteiger partial charge in [0.25, 0.3) is 0 Å². The number of alkyl halides is 7. The molecule has 0 aromatic rings. The summed E-state index contributed by atoms with van der Waals surface area (Å²) in [5, 5.41) is 9.69. The molecular weight excluding hydrogens is 571 g/mol. The zero-order chi connectivity index (χ0) is 25.6. The molecule has 0 aliphatic heterocycles. The second-order valence-corrected chi connectivity index (χ2v) is 7.07. The summed E-state index contributed by atoms with van der Waals surface area (Å²) in [6, 6.07) is 0. The standard InChI is InChI=1S/C9H15F3O3.C5H7F3O.C4H7BrO2.Zn/c1-4-15-7(13)5-8(14,6(2)3)9(10,11)12;1-3(2)4(9)5(6,7)8;1-2-7-4(6)3-5;/h6,14H,4-5H2,1-3H3;3H,1-2H3;2-3H2,1H3;. The number of Topliss-reactive ketones (excluding diaryl/α,β-unsaturated/α-hetero) is 1. The minimum absolute atomic E-state index is 0. The van der Waals surface area contributed by atoms with Crippen LogP contribution in [0.3, 0.4) is 0 Å². The van der Waals surface area contributed by atoms with Crippen molar-refractivity contribution in [2.24, 2.45) is 11.8 Å². The molecule has 0 aliphatic rings. The molecule has 0 amide bonds. The van der Waals surface area contributed by atoms with Gasteiger partial charge in [0, 0.05) is 25.4 Å². The molecule has 1 atom stereocenters. The topological polar surface area (TPSA) is 89.9 Å². The summed E-state index contributed by atoms with van der Waals surface area (Å²) in [7, 11) is 0. The summed E-state index contributed by atoms with van der Waals surface area (Å²) in [5.74, 6) is -4.98. The molecule has 0 spiro atoms. The SMILES string of the molecule is CC(C)C(=O)C(F)(F)F.CCOC(=O)CBr.CCOC(=O)CC(O)(C(C)C)C(F)(F)F.[Zn]. The molecule has 0 saturated heterocycles. The van der Waals surface area contributed by atoms with Crippen molar-refractivity contribution in [1.29, 1.82) is 0 Å². The van der Waals surface area contributed by atoms with Crippen LogP contribution in [0, 0.1) is 11.8 Å². The molecule has 32 heavy (non-hydrogen) atoms. The predicted molar refractivity (Wildman–Crippen MR) is 103 cm³/mol. The number of esters is 2. The normalized spacial score (nSPS) is 12.9. The van der Waals surface area contributed by atoms with Crippen LogP contribution in [0.2, 0.25) is 0 Å². The average molecular weight is 601 g/mol. The van der Waals surface area contributed by atoms with E-state index in [0.717, 1.165) is 0 Å². The van der Waals surface area contributed by atoms with Crippen LogP contribution < -0.4 is 0 Å². The molecule has 6 nitrogen and oxygen atoms in total. The van der Waals surface area contributed by atoms with Crippen LogP contribution in [0.25, 0.3) is 0 Å². The summed E-state index contributed by atoms with van der Waals surface area (Å²) in [5.41, 5.74) is -3.01. The Bertz CT molecular complexity index is 555. The van der Waals surface area contributed by atoms with E-state index >= 15 is 0 Å². The van der Waals surface area contributed by atoms with Gasteiger partial charge in [-0.2, -0.15) is 26.3 Å². The number of carbonyl (C=O) groups is 3. The van der Waals surface area contributed by atoms with Gasteiger partial charge in [-0.05, 0) is 19.8 Å².